The molecule has 7 nitrogen and oxygen atoms in total. The average Bonchev–Trinajstić information content (AvgIpc) is 3.25. The molecule has 1 fully saturated rings. The minimum absolute atomic E-state index is 0.00880. The molecule has 0 atom stereocenters. The van der Waals surface area contributed by atoms with Crippen LogP contribution in [0.5, 0.6) is 0 Å². The molecule has 0 saturated carbocycles. The Hall–Kier alpha value is -2.33. The Morgan fingerprint density at radius 1 is 1.18 bits per heavy atom. The molecule has 2 heterocycles. The minimum Gasteiger partial charge on any atom is -0.379 e. The summed E-state index contributed by atoms with van der Waals surface area (Å²) >= 11 is 1.48. The van der Waals surface area contributed by atoms with Gasteiger partial charge in [0, 0.05) is 31.7 Å². The van der Waals surface area contributed by atoms with Crippen molar-refractivity contribution in [2.45, 2.75) is 25.2 Å². The van der Waals surface area contributed by atoms with Gasteiger partial charge in [-0.25, -0.2) is 13.4 Å². The van der Waals surface area contributed by atoms with Crippen LogP contribution in [-0.4, -0.2) is 69.4 Å². The number of rotatable bonds is 8. The van der Waals surface area contributed by atoms with Gasteiger partial charge < -0.3 is 4.74 Å². The number of morpholine rings is 1. The van der Waals surface area contributed by atoms with E-state index in [1.165, 1.54) is 17.4 Å². The molecule has 0 radical (unpaired) electrons. The predicted octanol–water partition coefficient (Wildman–Crippen LogP) is 3.77. The van der Waals surface area contributed by atoms with Gasteiger partial charge in [-0.3, -0.25) is 14.6 Å². The lowest BCUT2D eigenvalue weighted by Gasteiger charge is -2.27. The van der Waals surface area contributed by atoms with E-state index < -0.39 is 9.84 Å². The predicted molar refractivity (Wildman–Crippen MR) is 132 cm³/mol. The molecule has 0 N–H and O–H groups in total. The van der Waals surface area contributed by atoms with Crippen molar-refractivity contribution >= 4 is 42.4 Å². The quantitative estimate of drug-likeness (QED) is 0.481. The topological polar surface area (TPSA) is 79.8 Å². The highest BCUT2D eigenvalue weighted by Gasteiger charge is 2.23. The van der Waals surface area contributed by atoms with Crippen molar-refractivity contribution in [1.29, 1.82) is 0 Å². The first kappa shape index (κ1) is 23.8. The smallest absolute Gasteiger partial charge is 0.260 e. The number of nitrogens with zero attached hydrogens (tertiary/aromatic N) is 3. The van der Waals surface area contributed by atoms with Gasteiger partial charge in [-0.2, -0.15) is 0 Å². The van der Waals surface area contributed by atoms with Crippen LogP contribution >= 0.6 is 11.3 Å². The van der Waals surface area contributed by atoms with E-state index in [4.69, 9.17) is 9.72 Å². The number of amides is 1. The van der Waals surface area contributed by atoms with Crippen LogP contribution in [0.3, 0.4) is 0 Å². The first-order valence-electron chi connectivity index (χ1n) is 11.2. The molecule has 0 aliphatic carbocycles. The molecule has 2 aromatic carbocycles. The number of hydrogen-bond donors (Lipinski definition) is 0. The van der Waals surface area contributed by atoms with Crippen LogP contribution in [0.15, 0.2) is 47.4 Å². The van der Waals surface area contributed by atoms with Gasteiger partial charge in [-0.1, -0.05) is 30.4 Å². The number of sulfone groups is 1. The van der Waals surface area contributed by atoms with Crippen molar-refractivity contribution in [3.8, 4) is 0 Å². The second-order valence-electron chi connectivity index (χ2n) is 8.16. The number of carbonyl (C=O) groups is 1. The monoisotopic (exact) mass is 487 g/mol. The highest BCUT2D eigenvalue weighted by molar-refractivity contribution is 7.91. The van der Waals surface area contributed by atoms with Crippen molar-refractivity contribution < 1.29 is 17.9 Å². The molecule has 3 aromatic rings. The molecule has 0 spiro atoms. The number of carbonyl (C=O) groups excluding carboxylic acids is 1. The third-order valence-corrected chi connectivity index (χ3v) is 8.56. The fraction of sp³-hybridized carbons (Fsp3) is 0.417. The summed E-state index contributed by atoms with van der Waals surface area (Å²) < 4.78 is 31.2. The lowest BCUT2D eigenvalue weighted by atomic mass is 10.2. The molecule has 0 bridgehead atoms. The van der Waals surface area contributed by atoms with Crippen molar-refractivity contribution in [1.82, 2.24) is 9.88 Å². The molecule has 0 unspecified atom stereocenters. The number of aromatic nitrogens is 1. The normalized spacial score (nSPS) is 15.1. The summed E-state index contributed by atoms with van der Waals surface area (Å²) in [7, 11) is -3.40. The fourth-order valence-corrected chi connectivity index (χ4v) is 5.86. The van der Waals surface area contributed by atoms with E-state index in [1.807, 2.05) is 19.1 Å². The van der Waals surface area contributed by atoms with Gasteiger partial charge in [-0.05, 0) is 49.2 Å². The van der Waals surface area contributed by atoms with E-state index in [1.54, 1.807) is 30.0 Å². The third kappa shape index (κ3) is 5.60. The van der Waals surface area contributed by atoms with Crippen LogP contribution in [-0.2, 0) is 14.6 Å². The number of ether oxygens (including phenoxy) is 1. The summed E-state index contributed by atoms with van der Waals surface area (Å²) in [5.74, 6) is -0.244. The number of fused-ring (bicyclic) bond motifs is 1. The number of anilines is 1. The van der Waals surface area contributed by atoms with Gasteiger partial charge in [0.05, 0.1) is 34.1 Å². The van der Waals surface area contributed by atoms with Crippen LogP contribution in [0.25, 0.3) is 10.2 Å². The summed E-state index contributed by atoms with van der Waals surface area (Å²) in [6, 6.07) is 12.4. The maximum atomic E-state index is 13.6. The zero-order valence-corrected chi connectivity index (χ0v) is 20.6. The maximum absolute atomic E-state index is 13.6. The lowest BCUT2D eigenvalue weighted by molar-refractivity contribution is 0.0376. The van der Waals surface area contributed by atoms with Crippen LogP contribution in [0.1, 0.15) is 29.3 Å². The second kappa shape index (κ2) is 10.3. The number of aryl methyl sites for hydroxylation is 1. The Morgan fingerprint density at radius 2 is 1.97 bits per heavy atom. The Bertz CT molecular complexity index is 1230. The zero-order chi connectivity index (χ0) is 23.4. The lowest BCUT2D eigenvalue weighted by Crippen LogP contribution is -2.39. The molecule has 1 aliphatic heterocycles. The van der Waals surface area contributed by atoms with Gasteiger partial charge in [-0.15, -0.1) is 0 Å². The van der Waals surface area contributed by atoms with Gasteiger partial charge in [0.25, 0.3) is 5.91 Å². The molecule has 1 amide bonds. The van der Waals surface area contributed by atoms with Gasteiger partial charge in [0.1, 0.15) is 0 Å². The summed E-state index contributed by atoms with van der Waals surface area (Å²) in [6.07, 6.45) is 0.785. The molecule has 176 valence electrons. The maximum Gasteiger partial charge on any atom is 0.260 e. The van der Waals surface area contributed by atoms with E-state index in [0.717, 1.165) is 55.0 Å². The second-order valence-corrected chi connectivity index (χ2v) is 11.5. The molecule has 1 saturated heterocycles. The first-order valence-corrected chi connectivity index (χ1v) is 13.7. The van der Waals surface area contributed by atoms with Crippen molar-refractivity contribution in [2.24, 2.45) is 0 Å². The fourth-order valence-electron chi connectivity index (χ4n) is 3.84. The Balaban J connectivity index is 1.62. The highest BCUT2D eigenvalue weighted by Crippen LogP contribution is 2.31. The van der Waals surface area contributed by atoms with Crippen molar-refractivity contribution in [2.75, 3.05) is 50.0 Å². The average molecular weight is 488 g/mol. The van der Waals surface area contributed by atoms with Crippen LogP contribution in [0.2, 0.25) is 0 Å². The van der Waals surface area contributed by atoms with Crippen LogP contribution < -0.4 is 4.90 Å². The summed E-state index contributed by atoms with van der Waals surface area (Å²) in [6.45, 7) is 8.25. The van der Waals surface area contributed by atoms with E-state index in [-0.39, 0.29) is 16.6 Å². The molecular weight excluding hydrogens is 458 g/mol. The molecule has 1 aromatic heterocycles. The van der Waals surface area contributed by atoms with E-state index in [9.17, 15) is 13.2 Å². The van der Waals surface area contributed by atoms with Gasteiger partial charge in [0.2, 0.25) is 0 Å². The summed E-state index contributed by atoms with van der Waals surface area (Å²) in [4.78, 5) is 22.5. The third-order valence-electron chi connectivity index (χ3n) is 5.79. The van der Waals surface area contributed by atoms with Crippen LogP contribution in [0.4, 0.5) is 5.13 Å². The minimum atomic E-state index is -3.40. The Morgan fingerprint density at radius 3 is 2.73 bits per heavy atom. The van der Waals surface area contributed by atoms with Gasteiger partial charge >= 0.3 is 0 Å². The highest BCUT2D eigenvalue weighted by atomic mass is 32.2. The summed E-state index contributed by atoms with van der Waals surface area (Å²) in [5, 5.41) is 0.631. The largest absolute Gasteiger partial charge is 0.379 e. The van der Waals surface area contributed by atoms with E-state index in [2.05, 4.69) is 11.0 Å². The Kier molecular flexibility index (Phi) is 7.43. The number of hydrogen-bond acceptors (Lipinski definition) is 7. The van der Waals surface area contributed by atoms with E-state index >= 15 is 0 Å². The van der Waals surface area contributed by atoms with Gasteiger partial charge in [0.15, 0.2) is 15.0 Å². The van der Waals surface area contributed by atoms with Crippen molar-refractivity contribution in [3.63, 3.8) is 0 Å². The number of thiazole rings is 1. The number of benzene rings is 2. The van der Waals surface area contributed by atoms with Crippen LogP contribution in [0, 0.1) is 6.92 Å². The van der Waals surface area contributed by atoms with E-state index in [0.29, 0.717) is 17.2 Å². The standard InChI is InChI=1S/C24H29N3O4S2/c1-3-33(29,30)20-7-4-6-19(17-20)23(28)27(11-5-10-26-12-14-31-15-13-26)24-25-21-9-8-18(2)16-22(21)32-24/h4,6-9,16-17H,3,5,10-15H2,1-2H3. The molecule has 9 heteroatoms. The zero-order valence-electron chi connectivity index (χ0n) is 19.0. The summed E-state index contributed by atoms with van der Waals surface area (Å²) in [5.41, 5.74) is 2.35. The molecular formula is C24H29N3O4S2. The van der Waals surface area contributed by atoms with Crippen molar-refractivity contribution in [3.05, 3.63) is 53.6 Å². The molecule has 4 rings (SSSR count). The SMILES string of the molecule is CCS(=O)(=O)c1cccc(C(=O)N(CCCN2CCOCC2)c2nc3ccc(C)cc3s2)c1. The molecule has 33 heavy (non-hydrogen) atoms. The Labute approximate surface area is 198 Å². The first-order chi connectivity index (χ1) is 15.9. The molecule has 1 aliphatic rings.